The molecule has 0 saturated carbocycles. The van der Waals surface area contributed by atoms with Crippen molar-refractivity contribution in [2.45, 2.75) is 64.7 Å². The maximum atomic E-state index is 11.0. The highest BCUT2D eigenvalue weighted by molar-refractivity contribution is 5.99. The summed E-state index contributed by atoms with van der Waals surface area (Å²) in [5, 5.41) is 0. The van der Waals surface area contributed by atoms with Gasteiger partial charge in [-0.05, 0) is 12.8 Å². The highest BCUT2D eigenvalue weighted by atomic mass is 16.1. The van der Waals surface area contributed by atoms with E-state index in [4.69, 9.17) is 11.5 Å². The average molecular weight is 254 g/mol. The van der Waals surface area contributed by atoms with Gasteiger partial charge in [-0.2, -0.15) is 0 Å². The van der Waals surface area contributed by atoms with Crippen molar-refractivity contribution in [1.29, 1.82) is 0 Å². The Kier molecular flexibility index (Phi) is 10.0. The standard InChI is InChI=1S/C14H26N2O2/c1-2-3-4-5-6-7-8-9-10-12(14(16)18)11-13(15)17/h11H,2-10H2,1H3,(H2,15,17)(H2,16,18)/b12-11-. The van der Waals surface area contributed by atoms with Crippen LogP contribution in [-0.4, -0.2) is 11.8 Å². The number of hydrogen-bond acceptors (Lipinski definition) is 2. The summed E-state index contributed by atoms with van der Waals surface area (Å²) in [5.74, 6) is -1.15. The van der Waals surface area contributed by atoms with Gasteiger partial charge in [0, 0.05) is 11.6 Å². The van der Waals surface area contributed by atoms with Crippen molar-refractivity contribution in [2.75, 3.05) is 0 Å². The van der Waals surface area contributed by atoms with E-state index in [-0.39, 0.29) is 0 Å². The minimum absolute atomic E-state index is 0.341. The van der Waals surface area contributed by atoms with Crippen LogP contribution < -0.4 is 11.5 Å². The minimum Gasteiger partial charge on any atom is -0.366 e. The molecule has 0 atom stereocenters. The molecule has 2 amide bonds. The monoisotopic (exact) mass is 254 g/mol. The quantitative estimate of drug-likeness (QED) is 0.438. The molecule has 0 rings (SSSR count). The van der Waals surface area contributed by atoms with E-state index in [1.807, 2.05) is 0 Å². The van der Waals surface area contributed by atoms with Crippen LogP contribution in [0.15, 0.2) is 11.6 Å². The van der Waals surface area contributed by atoms with E-state index >= 15 is 0 Å². The first kappa shape index (κ1) is 16.7. The molecule has 18 heavy (non-hydrogen) atoms. The van der Waals surface area contributed by atoms with Crippen LogP contribution in [0.1, 0.15) is 64.7 Å². The Labute approximate surface area is 110 Å². The first-order valence-corrected chi connectivity index (χ1v) is 6.87. The Morgan fingerprint density at radius 3 is 1.83 bits per heavy atom. The van der Waals surface area contributed by atoms with Crippen LogP contribution in [0, 0.1) is 0 Å². The summed E-state index contributed by atoms with van der Waals surface area (Å²) in [4.78, 5) is 21.7. The van der Waals surface area contributed by atoms with Gasteiger partial charge < -0.3 is 11.5 Å². The van der Waals surface area contributed by atoms with Crippen LogP contribution in [-0.2, 0) is 9.59 Å². The Bertz CT molecular complexity index is 286. The number of carbonyl (C=O) groups is 2. The lowest BCUT2D eigenvalue weighted by Gasteiger charge is -2.03. The molecule has 0 aliphatic heterocycles. The van der Waals surface area contributed by atoms with Crippen LogP contribution in [0.2, 0.25) is 0 Å². The van der Waals surface area contributed by atoms with E-state index in [1.54, 1.807) is 0 Å². The summed E-state index contributed by atoms with van der Waals surface area (Å²) in [5.41, 5.74) is 10.5. The fourth-order valence-corrected chi connectivity index (χ4v) is 1.89. The molecular weight excluding hydrogens is 228 g/mol. The highest BCUT2D eigenvalue weighted by Crippen LogP contribution is 2.12. The third kappa shape index (κ3) is 9.87. The van der Waals surface area contributed by atoms with E-state index in [9.17, 15) is 9.59 Å². The molecule has 104 valence electrons. The topological polar surface area (TPSA) is 86.2 Å². The zero-order valence-electron chi connectivity index (χ0n) is 11.4. The number of nitrogens with two attached hydrogens (primary N) is 2. The predicted octanol–water partition coefficient (Wildman–Crippen LogP) is 2.41. The van der Waals surface area contributed by atoms with Gasteiger partial charge in [-0.3, -0.25) is 9.59 Å². The minimum atomic E-state index is -0.608. The molecule has 4 N–H and O–H groups in total. The molecule has 0 heterocycles. The second kappa shape index (κ2) is 10.8. The summed E-state index contributed by atoms with van der Waals surface area (Å²) in [7, 11) is 0. The molecule has 4 heteroatoms. The number of unbranched alkanes of at least 4 members (excludes halogenated alkanes) is 7. The largest absolute Gasteiger partial charge is 0.366 e. The van der Waals surface area contributed by atoms with E-state index in [2.05, 4.69) is 6.92 Å². The fraction of sp³-hybridized carbons (Fsp3) is 0.714. The molecule has 0 aliphatic carbocycles. The maximum absolute atomic E-state index is 11.0. The molecule has 0 spiro atoms. The third-order valence-electron chi connectivity index (χ3n) is 2.93. The molecule has 0 radical (unpaired) electrons. The van der Waals surface area contributed by atoms with Crippen LogP contribution in [0.3, 0.4) is 0 Å². The Morgan fingerprint density at radius 1 is 0.889 bits per heavy atom. The van der Waals surface area contributed by atoms with E-state index in [0.29, 0.717) is 12.0 Å². The Hall–Kier alpha value is -1.32. The maximum Gasteiger partial charge on any atom is 0.244 e. The van der Waals surface area contributed by atoms with Crippen molar-refractivity contribution < 1.29 is 9.59 Å². The SMILES string of the molecule is CCCCCCCCCC/C(=C/C(N)=O)C(N)=O. The van der Waals surface area contributed by atoms with Crippen molar-refractivity contribution in [3.8, 4) is 0 Å². The molecule has 0 saturated heterocycles. The zero-order chi connectivity index (χ0) is 13.8. The molecule has 0 unspecified atom stereocenters. The van der Waals surface area contributed by atoms with Crippen molar-refractivity contribution in [3.63, 3.8) is 0 Å². The Morgan fingerprint density at radius 2 is 1.39 bits per heavy atom. The van der Waals surface area contributed by atoms with Crippen LogP contribution in [0.4, 0.5) is 0 Å². The summed E-state index contributed by atoms with van der Waals surface area (Å²) < 4.78 is 0. The molecule has 0 aromatic rings. The second-order valence-electron chi connectivity index (χ2n) is 4.66. The number of amides is 2. The molecule has 0 aromatic carbocycles. The van der Waals surface area contributed by atoms with Gasteiger partial charge in [0.05, 0.1) is 0 Å². The lowest BCUT2D eigenvalue weighted by Crippen LogP contribution is -2.17. The molecule has 4 nitrogen and oxygen atoms in total. The second-order valence-corrected chi connectivity index (χ2v) is 4.66. The lowest BCUT2D eigenvalue weighted by atomic mass is 10.0. The van der Waals surface area contributed by atoms with E-state index < -0.39 is 11.8 Å². The smallest absolute Gasteiger partial charge is 0.244 e. The van der Waals surface area contributed by atoms with Gasteiger partial charge in [-0.15, -0.1) is 0 Å². The van der Waals surface area contributed by atoms with Crippen LogP contribution in [0.25, 0.3) is 0 Å². The number of carbonyl (C=O) groups excluding carboxylic acids is 2. The van der Waals surface area contributed by atoms with Crippen molar-refractivity contribution in [3.05, 3.63) is 11.6 Å². The van der Waals surface area contributed by atoms with Gasteiger partial charge in [-0.25, -0.2) is 0 Å². The zero-order valence-corrected chi connectivity index (χ0v) is 11.4. The molecular formula is C14H26N2O2. The highest BCUT2D eigenvalue weighted by Gasteiger charge is 2.05. The lowest BCUT2D eigenvalue weighted by molar-refractivity contribution is -0.116. The summed E-state index contributed by atoms with van der Waals surface area (Å²) >= 11 is 0. The van der Waals surface area contributed by atoms with E-state index in [0.717, 1.165) is 18.9 Å². The van der Waals surface area contributed by atoms with Gasteiger partial charge in [0.2, 0.25) is 11.8 Å². The number of hydrogen-bond donors (Lipinski definition) is 2. The Balaban J connectivity index is 3.63. The van der Waals surface area contributed by atoms with Crippen LogP contribution in [0.5, 0.6) is 0 Å². The summed E-state index contributed by atoms with van der Waals surface area (Å²) in [6.45, 7) is 2.20. The number of rotatable bonds is 11. The first-order chi connectivity index (χ1) is 8.57. The van der Waals surface area contributed by atoms with Gasteiger partial charge in [0.15, 0.2) is 0 Å². The normalized spacial score (nSPS) is 11.5. The summed E-state index contributed by atoms with van der Waals surface area (Å²) in [6.07, 6.45) is 11.2. The van der Waals surface area contributed by atoms with Crippen molar-refractivity contribution >= 4 is 11.8 Å². The first-order valence-electron chi connectivity index (χ1n) is 6.87. The number of primary amides is 2. The average Bonchev–Trinajstić information content (AvgIpc) is 2.30. The van der Waals surface area contributed by atoms with Gasteiger partial charge in [0.1, 0.15) is 0 Å². The van der Waals surface area contributed by atoms with Crippen molar-refractivity contribution in [2.24, 2.45) is 11.5 Å². The molecule has 0 fully saturated rings. The van der Waals surface area contributed by atoms with E-state index in [1.165, 1.54) is 38.5 Å². The van der Waals surface area contributed by atoms with Crippen LogP contribution >= 0.6 is 0 Å². The van der Waals surface area contributed by atoms with Gasteiger partial charge >= 0.3 is 0 Å². The van der Waals surface area contributed by atoms with Crippen molar-refractivity contribution in [1.82, 2.24) is 0 Å². The van der Waals surface area contributed by atoms with Gasteiger partial charge in [-0.1, -0.05) is 51.9 Å². The third-order valence-corrected chi connectivity index (χ3v) is 2.93. The molecule has 0 aliphatic rings. The molecule has 0 aromatic heterocycles. The fourth-order valence-electron chi connectivity index (χ4n) is 1.89. The summed E-state index contributed by atoms with van der Waals surface area (Å²) in [6, 6.07) is 0. The molecule has 0 bridgehead atoms. The predicted molar refractivity (Wildman–Crippen MR) is 73.7 cm³/mol. The van der Waals surface area contributed by atoms with Gasteiger partial charge in [0.25, 0.3) is 0 Å².